The molecule has 0 fully saturated rings. The van der Waals surface area contributed by atoms with Gasteiger partial charge < -0.3 is 5.32 Å². The highest BCUT2D eigenvalue weighted by Crippen LogP contribution is 2.24. The standard InChI is InChI=1S/C24H22N4O/c1-18-6-4-9-23(27-18)24(29)25-16-21-7-2-3-8-22(21)20-12-10-19(11-13-20)17-28-15-5-14-26-28/h2-15H,16-17H2,1H3,(H,25,29). The lowest BCUT2D eigenvalue weighted by molar-refractivity contribution is 0.0946. The van der Waals surface area contributed by atoms with Gasteiger partial charge >= 0.3 is 0 Å². The molecule has 2 heterocycles. The molecule has 1 amide bonds. The Morgan fingerprint density at radius 2 is 1.79 bits per heavy atom. The van der Waals surface area contributed by atoms with E-state index in [2.05, 4.69) is 45.7 Å². The van der Waals surface area contributed by atoms with Gasteiger partial charge in [0.05, 0.1) is 6.54 Å². The molecule has 4 rings (SSSR count). The maximum atomic E-state index is 12.4. The van der Waals surface area contributed by atoms with Crippen LogP contribution in [0.25, 0.3) is 11.1 Å². The van der Waals surface area contributed by atoms with Gasteiger partial charge in [-0.15, -0.1) is 0 Å². The van der Waals surface area contributed by atoms with Crippen molar-refractivity contribution < 1.29 is 4.79 Å². The number of benzene rings is 2. The van der Waals surface area contributed by atoms with Gasteiger partial charge in [-0.05, 0) is 47.4 Å². The zero-order chi connectivity index (χ0) is 20.1. The minimum absolute atomic E-state index is 0.168. The molecule has 1 N–H and O–H groups in total. The Kier molecular flexibility index (Phi) is 5.47. The second-order valence-electron chi connectivity index (χ2n) is 6.90. The van der Waals surface area contributed by atoms with E-state index in [-0.39, 0.29) is 5.91 Å². The fourth-order valence-corrected chi connectivity index (χ4v) is 3.26. The van der Waals surface area contributed by atoms with Crippen molar-refractivity contribution in [1.29, 1.82) is 0 Å². The van der Waals surface area contributed by atoms with Crippen molar-refractivity contribution in [2.45, 2.75) is 20.0 Å². The maximum absolute atomic E-state index is 12.4. The molecule has 0 bridgehead atoms. The summed E-state index contributed by atoms with van der Waals surface area (Å²) in [6, 6.07) is 23.9. The van der Waals surface area contributed by atoms with E-state index in [1.54, 1.807) is 12.3 Å². The molecular formula is C24H22N4O. The molecule has 0 saturated heterocycles. The van der Waals surface area contributed by atoms with Crippen LogP contribution < -0.4 is 5.32 Å². The third-order valence-corrected chi connectivity index (χ3v) is 4.75. The minimum Gasteiger partial charge on any atom is -0.347 e. The van der Waals surface area contributed by atoms with Crippen molar-refractivity contribution in [3.8, 4) is 11.1 Å². The zero-order valence-electron chi connectivity index (χ0n) is 16.2. The van der Waals surface area contributed by atoms with Crippen LogP contribution >= 0.6 is 0 Å². The summed E-state index contributed by atoms with van der Waals surface area (Å²) in [6.45, 7) is 3.07. The van der Waals surface area contributed by atoms with Gasteiger partial charge in [0.1, 0.15) is 5.69 Å². The second-order valence-corrected chi connectivity index (χ2v) is 6.90. The lowest BCUT2D eigenvalue weighted by Crippen LogP contribution is -2.24. The fraction of sp³-hybridized carbons (Fsp3) is 0.125. The molecule has 0 radical (unpaired) electrons. The minimum atomic E-state index is -0.168. The van der Waals surface area contributed by atoms with Crippen LogP contribution in [0.4, 0.5) is 0 Å². The number of hydrogen-bond acceptors (Lipinski definition) is 3. The predicted octanol–water partition coefficient (Wildman–Crippen LogP) is 4.23. The Morgan fingerprint density at radius 3 is 2.55 bits per heavy atom. The lowest BCUT2D eigenvalue weighted by atomic mass is 9.98. The Bertz CT molecular complexity index is 1100. The molecule has 2 aromatic carbocycles. The molecule has 29 heavy (non-hydrogen) atoms. The number of amides is 1. The first-order chi connectivity index (χ1) is 14.2. The van der Waals surface area contributed by atoms with Gasteiger partial charge in [0, 0.05) is 24.6 Å². The monoisotopic (exact) mass is 382 g/mol. The van der Waals surface area contributed by atoms with Crippen molar-refractivity contribution in [3.05, 3.63) is 108 Å². The maximum Gasteiger partial charge on any atom is 0.270 e. The highest BCUT2D eigenvalue weighted by atomic mass is 16.1. The highest BCUT2D eigenvalue weighted by Gasteiger charge is 2.10. The molecule has 0 atom stereocenters. The van der Waals surface area contributed by atoms with Crippen LogP contribution in [0.3, 0.4) is 0 Å². The number of nitrogens with one attached hydrogen (secondary N) is 1. The molecule has 0 unspecified atom stereocenters. The van der Waals surface area contributed by atoms with Crippen molar-refractivity contribution in [3.63, 3.8) is 0 Å². The quantitative estimate of drug-likeness (QED) is 0.543. The lowest BCUT2D eigenvalue weighted by Gasteiger charge is -2.12. The van der Waals surface area contributed by atoms with Gasteiger partial charge in [-0.25, -0.2) is 4.98 Å². The number of pyridine rings is 1. The average molecular weight is 382 g/mol. The van der Waals surface area contributed by atoms with Gasteiger partial charge in [0.15, 0.2) is 0 Å². The van der Waals surface area contributed by atoms with Crippen molar-refractivity contribution in [2.75, 3.05) is 0 Å². The van der Waals surface area contributed by atoms with E-state index in [0.717, 1.165) is 28.9 Å². The van der Waals surface area contributed by atoms with E-state index in [1.807, 2.05) is 54.2 Å². The van der Waals surface area contributed by atoms with E-state index in [9.17, 15) is 4.79 Å². The summed E-state index contributed by atoms with van der Waals surface area (Å²) in [4.78, 5) is 16.7. The van der Waals surface area contributed by atoms with E-state index in [1.165, 1.54) is 5.56 Å². The van der Waals surface area contributed by atoms with Crippen molar-refractivity contribution in [2.24, 2.45) is 0 Å². The molecule has 0 aliphatic carbocycles. The largest absolute Gasteiger partial charge is 0.347 e. The number of aromatic nitrogens is 3. The van der Waals surface area contributed by atoms with Gasteiger partial charge in [-0.1, -0.05) is 54.6 Å². The van der Waals surface area contributed by atoms with Gasteiger partial charge in [-0.3, -0.25) is 9.48 Å². The Balaban J connectivity index is 1.48. The molecule has 5 nitrogen and oxygen atoms in total. The molecule has 144 valence electrons. The SMILES string of the molecule is Cc1cccc(C(=O)NCc2ccccc2-c2ccc(Cn3cccn3)cc2)n1. The first-order valence-electron chi connectivity index (χ1n) is 9.55. The van der Waals surface area contributed by atoms with Crippen molar-refractivity contribution >= 4 is 5.91 Å². The molecule has 0 aliphatic heterocycles. The molecular weight excluding hydrogens is 360 g/mol. The summed E-state index contributed by atoms with van der Waals surface area (Å²) in [5.74, 6) is -0.168. The Hall–Kier alpha value is -3.73. The molecule has 0 saturated carbocycles. The number of carbonyl (C=O) groups excluding carboxylic acids is 1. The summed E-state index contributed by atoms with van der Waals surface area (Å²) >= 11 is 0. The fourth-order valence-electron chi connectivity index (χ4n) is 3.26. The molecule has 4 aromatic rings. The number of nitrogens with zero attached hydrogens (tertiary/aromatic N) is 3. The van der Waals surface area contributed by atoms with Crippen LogP contribution in [0.5, 0.6) is 0 Å². The van der Waals surface area contributed by atoms with Gasteiger partial charge in [0.2, 0.25) is 0 Å². The molecule has 0 spiro atoms. The Morgan fingerprint density at radius 1 is 0.966 bits per heavy atom. The molecule has 0 aliphatic rings. The number of hydrogen-bond donors (Lipinski definition) is 1. The van der Waals surface area contributed by atoms with Crippen LogP contribution in [-0.2, 0) is 13.1 Å². The van der Waals surface area contributed by atoms with E-state index < -0.39 is 0 Å². The van der Waals surface area contributed by atoms with Crippen LogP contribution in [-0.4, -0.2) is 20.7 Å². The van der Waals surface area contributed by atoms with Gasteiger partial charge in [-0.2, -0.15) is 5.10 Å². The average Bonchev–Trinajstić information content (AvgIpc) is 3.26. The number of aryl methyl sites for hydroxylation is 1. The third kappa shape index (κ3) is 4.58. The predicted molar refractivity (Wildman–Crippen MR) is 113 cm³/mol. The summed E-state index contributed by atoms with van der Waals surface area (Å²) in [5.41, 5.74) is 5.74. The van der Waals surface area contributed by atoms with Crippen LogP contribution in [0.2, 0.25) is 0 Å². The topological polar surface area (TPSA) is 59.8 Å². The molecule has 2 aromatic heterocycles. The normalized spacial score (nSPS) is 10.7. The van der Waals surface area contributed by atoms with Gasteiger partial charge in [0.25, 0.3) is 5.91 Å². The number of carbonyl (C=O) groups is 1. The number of rotatable bonds is 6. The first-order valence-corrected chi connectivity index (χ1v) is 9.55. The van der Waals surface area contributed by atoms with Crippen LogP contribution in [0.15, 0.2) is 85.2 Å². The van der Waals surface area contributed by atoms with E-state index in [4.69, 9.17) is 0 Å². The smallest absolute Gasteiger partial charge is 0.270 e. The second kappa shape index (κ2) is 8.52. The van der Waals surface area contributed by atoms with E-state index in [0.29, 0.717) is 12.2 Å². The summed E-state index contributed by atoms with van der Waals surface area (Å²) in [6.07, 6.45) is 3.74. The molecule has 5 heteroatoms. The Labute approximate surface area is 170 Å². The highest BCUT2D eigenvalue weighted by molar-refractivity contribution is 5.92. The first kappa shape index (κ1) is 18.6. The zero-order valence-corrected chi connectivity index (χ0v) is 16.2. The third-order valence-electron chi connectivity index (χ3n) is 4.75. The summed E-state index contributed by atoms with van der Waals surface area (Å²) < 4.78 is 1.90. The van der Waals surface area contributed by atoms with Crippen molar-refractivity contribution in [1.82, 2.24) is 20.1 Å². The van der Waals surface area contributed by atoms with E-state index >= 15 is 0 Å². The summed E-state index contributed by atoms with van der Waals surface area (Å²) in [5, 5.41) is 7.23. The summed E-state index contributed by atoms with van der Waals surface area (Å²) in [7, 11) is 0. The van der Waals surface area contributed by atoms with Crippen LogP contribution in [0.1, 0.15) is 27.3 Å². The van der Waals surface area contributed by atoms with Crippen LogP contribution in [0, 0.1) is 6.92 Å².